The van der Waals surface area contributed by atoms with Gasteiger partial charge >= 0.3 is 0 Å². The molecule has 3 aromatic rings. The van der Waals surface area contributed by atoms with Gasteiger partial charge in [-0.2, -0.15) is 0 Å². The zero-order valence-corrected chi connectivity index (χ0v) is 19.1. The fourth-order valence-corrected chi connectivity index (χ4v) is 5.90. The van der Waals surface area contributed by atoms with E-state index in [2.05, 4.69) is 5.32 Å². The van der Waals surface area contributed by atoms with Crippen molar-refractivity contribution in [3.8, 4) is 0 Å². The highest BCUT2D eigenvalue weighted by Gasteiger charge is 2.23. The Labute approximate surface area is 186 Å². The van der Waals surface area contributed by atoms with Crippen LogP contribution in [0.1, 0.15) is 35.8 Å². The van der Waals surface area contributed by atoms with E-state index < -0.39 is 10.2 Å². The summed E-state index contributed by atoms with van der Waals surface area (Å²) in [6.07, 6.45) is 4.15. The molecule has 0 aliphatic heterocycles. The Morgan fingerprint density at radius 3 is 2.81 bits per heavy atom. The number of thioether (sulfide) groups is 1. The summed E-state index contributed by atoms with van der Waals surface area (Å²) < 4.78 is 1.52. The highest BCUT2D eigenvalue weighted by atomic mass is 32.2. The van der Waals surface area contributed by atoms with E-state index in [9.17, 15) is 19.7 Å². The molecule has 31 heavy (non-hydrogen) atoms. The molecule has 2 aromatic heterocycles. The molecule has 4 rings (SSSR count). The predicted octanol–water partition coefficient (Wildman–Crippen LogP) is 4.21. The number of rotatable bonds is 5. The quantitative estimate of drug-likeness (QED) is 0.266. The molecule has 0 bridgehead atoms. The summed E-state index contributed by atoms with van der Waals surface area (Å²) in [5, 5.41) is 14.4. The van der Waals surface area contributed by atoms with Gasteiger partial charge in [0.15, 0.2) is 5.16 Å². The lowest BCUT2D eigenvalue weighted by Gasteiger charge is -2.15. The van der Waals surface area contributed by atoms with Gasteiger partial charge in [-0.1, -0.05) is 11.8 Å². The van der Waals surface area contributed by atoms with Gasteiger partial charge in [-0.25, -0.2) is 4.98 Å². The topological polar surface area (TPSA) is 107 Å². The maximum absolute atomic E-state index is 13.0. The van der Waals surface area contributed by atoms with E-state index in [0.29, 0.717) is 16.4 Å². The van der Waals surface area contributed by atoms with Gasteiger partial charge in [-0.15, -0.1) is 11.3 Å². The number of hydrogen-bond acceptors (Lipinski definition) is 7. The number of aryl methyl sites for hydroxylation is 3. The van der Waals surface area contributed by atoms with Crippen LogP contribution in [0.15, 0.2) is 28.2 Å². The van der Waals surface area contributed by atoms with Crippen molar-refractivity contribution in [1.29, 1.82) is 0 Å². The van der Waals surface area contributed by atoms with E-state index in [4.69, 9.17) is 4.98 Å². The minimum Gasteiger partial charge on any atom is -0.325 e. The van der Waals surface area contributed by atoms with Gasteiger partial charge in [-0.05, 0) is 56.7 Å². The molecule has 1 amide bonds. The number of carbonyl (C=O) groups is 1. The minimum absolute atomic E-state index is 0.0240. The third kappa shape index (κ3) is 4.09. The highest BCUT2D eigenvalue weighted by molar-refractivity contribution is 8.00. The second kappa shape index (κ2) is 8.43. The Bertz CT molecular complexity index is 1260. The lowest BCUT2D eigenvalue weighted by atomic mass is 9.97. The van der Waals surface area contributed by atoms with Gasteiger partial charge in [-0.3, -0.25) is 24.3 Å². The van der Waals surface area contributed by atoms with Crippen LogP contribution in [0.2, 0.25) is 0 Å². The van der Waals surface area contributed by atoms with Gasteiger partial charge in [0.25, 0.3) is 11.2 Å². The summed E-state index contributed by atoms with van der Waals surface area (Å²) in [4.78, 5) is 42.9. The first-order valence-electron chi connectivity index (χ1n) is 10.00. The van der Waals surface area contributed by atoms with Crippen LogP contribution in [0.4, 0.5) is 11.4 Å². The number of nitrogens with one attached hydrogen (secondary N) is 1. The summed E-state index contributed by atoms with van der Waals surface area (Å²) in [6.45, 7) is 3.45. The van der Waals surface area contributed by atoms with Crippen LogP contribution in [-0.2, 0) is 24.7 Å². The Kier molecular flexibility index (Phi) is 5.85. The second-order valence-electron chi connectivity index (χ2n) is 7.66. The zero-order valence-electron chi connectivity index (χ0n) is 17.4. The fraction of sp³-hybridized carbons (Fsp3) is 0.381. The number of carbonyl (C=O) groups excluding carboxylic acids is 1. The van der Waals surface area contributed by atoms with Gasteiger partial charge in [0.2, 0.25) is 5.91 Å². The van der Waals surface area contributed by atoms with Crippen LogP contribution in [0.5, 0.6) is 0 Å². The molecule has 0 fully saturated rings. The largest absolute Gasteiger partial charge is 0.325 e. The maximum atomic E-state index is 13.0. The third-order valence-corrected chi connectivity index (χ3v) is 7.81. The monoisotopic (exact) mass is 458 g/mol. The normalized spacial score (nSPS) is 14.3. The van der Waals surface area contributed by atoms with Gasteiger partial charge in [0, 0.05) is 29.7 Å². The number of benzene rings is 1. The summed E-state index contributed by atoms with van der Waals surface area (Å²) in [5.41, 5.74) is 2.19. The number of amides is 1. The van der Waals surface area contributed by atoms with E-state index in [-0.39, 0.29) is 17.2 Å². The Morgan fingerprint density at radius 1 is 1.35 bits per heavy atom. The van der Waals surface area contributed by atoms with E-state index in [0.717, 1.165) is 41.5 Å². The predicted molar refractivity (Wildman–Crippen MR) is 123 cm³/mol. The maximum Gasteiger partial charge on any atom is 0.269 e. The average Bonchev–Trinajstić information content (AvgIpc) is 3.11. The van der Waals surface area contributed by atoms with E-state index in [1.54, 1.807) is 32.2 Å². The van der Waals surface area contributed by atoms with E-state index in [1.807, 2.05) is 0 Å². The van der Waals surface area contributed by atoms with E-state index in [1.165, 1.54) is 39.4 Å². The molecule has 1 N–H and O–H groups in total. The van der Waals surface area contributed by atoms with Crippen LogP contribution in [0.3, 0.4) is 0 Å². The Balaban J connectivity index is 1.56. The van der Waals surface area contributed by atoms with Crippen molar-refractivity contribution < 1.29 is 9.72 Å². The Hall–Kier alpha value is -2.72. The van der Waals surface area contributed by atoms with Gasteiger partial charge < -0.3 is 5.32 Å². The van der Waals surface area contributed by atoms with Crippen molar-refractivity contribution in [1.82, 2.24) is 9.55 Å². The van der Waals surface area contributed by atoms with Crippen molar-refractivity contribution in [2.45, 2.75) is 49.9 Å². The number of nitro groups is 1. The number of thiophene rings is 1. The summed E-state index contributed by atoms with van der Waals surface area (Å²) in [5.74, 6) is -0.262. The van der Waals surface area contributed by atoms with Crippen LogP contribution in [0, 0.1) is 17.0 Å². The van der Waals surface area contributed by atoms with Crippen LogP contribution in [-0.4, -0.2) is 25.6 Å². The lowest BCUT2D eigenvalue weighted by Crippen LogP contribution is -2.26. The third-order valence-electron chi connectivity index (χ3n) is 5.49. The molecular formula is C21H22N4O4S2. The number of non-ortho nitro benzene ring substituents is 1. The molecule has 0 radical (unpaired) electrons. The summed E-state index contributed by atoms with van der Waals surface area (Å²) in [6, 6.07) is 4.31. The van der Waals surface area contributed by atoms with Crippen LogP contribution >= 0.6 is 23.1 Å². The molecule has 1 aliphatic carbocycles. The zero-order chi connectivity index (χ0) is 22.3. The molecule has 0 saturated heterocycles. The fourth-order valence-electron chi connectivity index (χ4n) is 3.72. The molecule has 0 unspecified atom stereocenters. The smallest absolute Gasteiger partial charge is 0.269 e. The Morgan fingerprint density at radius 2 is 2.10 bits per heavy atom. The standard InChI is InChI=1S/C21H22N4O4S2/c1-11-10-13(25(28)29)8-9-15(11)22-18(26)12(2)30-21-23-19-17(20(27)24(21)3)14-6-4-5-7-16(14)31-19/h8-10,12H,4-7H2,1-3H3,(H,22,26)/t12-/m1/s1. The lowest BCUT2D eigenvalue weighted by molar-refractivity contribution is -0.384. The number of nitrogens with zero attached hydrogens (tertiary/aromatic N) is 3. The molecular weight excluding hydrogens is 436 g/mol. The molecule has 1 aromatic carbocycles. The summed E-state index contributed by atoms with van der Waals surface area (Å²) in [7, 11) is 1.69. The van der Waals surface area contributed by atoms with Crippen LogP contribution < -0.4 is 10.9 Å². The number of nitro benzene ring substituents is 1. The van der Waals surface area contributed by atoms with Crippen LogP contribution in [0.25, 0.3) is 10.2 Å². The van der Waals surface area contributed by atoms with E-state index >= 15 is 0 Å². The second-order valence-corrected chi connectivity index (χ2v) is 10.0. The average molecular weight is 459 g/mol. The molecule has 2 heterocycles. The number of anilines is 1. The first-order chi connectivity index (χ1) is 14.8. The number of aromatic nitrogens is 2. The first-order valence-corrected chi connectivity index (χ1v) is 11.7. The van der Waals surface area contributed by atoms with Crippen molar-refractivity contribution in [3.63, 3.8) is 0 Å². The van der Waals surface area contributed by atoms with Crippen molar-refractivity contribution in [3.05, 3.63) is 54.7 Å². The van der Waals surface area contributed by atoms with Crippen molar-refractivity contribution >= 4 is 50.6 Å². The highest BCUT2D eigenvalue weighted by Crippen LogP contribution is 2.35. The first kappa shape index (κ1) is 21.5. The molecule has 0 saturated carbocycles. The van der Waals surface area contributed by atoms with Crippen molar-refractivity contribution in [2.75, 3.05) is 5.32 Å². The molecule has 162 valence electrons. The molecule has 10 heteroatoms. The van der Waals surface area contributed by atoms with Gasteiger partial charge in [0.05, 0.1) is 15.6 Å². The molecule has 0 spiro atoms. The molecule has 1 aliphatic rings. The number of hydrogen-bond donors (Lipinski definition) is 1. The van der Waals surface area contributed by atoms with Crippen molar-refractivity contribution in [2.24, 2.45) is 7.05 Å². The SMILES string of the molecule is Cc1cc([N+](=O)[O-])ccc1NC(=O)[C@@H](C)Sc1nc2sc3c(c2c(=O)n1C)CCCC3. The molecule has 1 atom stereocenters. The van der Waals surface area contributed by atoms with Gasteiger partial charge in [0.1, 0.15) is 4.83 Å². The minimum atomic E-state index is -0.514. The number of fused-ring (bicyclic) bond motifs is 3. The molecule has 8 nitrogen and oxygen atoms in total. The summed E-state index contributed by atoms with van der Waals surface area (Å²) >= 11 is 2.81.